The number of morpholine rings is 1. The minimum absolute atomic E-state index is 0.00643. The van der Waals surface area contributed by atoms with Gasteiger partial charge in [-0.15, -0.1) is 0 Å². The highest BCUT2D eigenvalue weighted by Crippen LogP contribution is 2.57. The molecule has 4 atom stereocenters. The monoisotopic (exact) mass is 384 g/mol. The van der Waals surface area contributed by atoms with Crippen LogP contribution in [0.15, 0.2) is 35.4 Å². The topological polar surface area (TPSA) is 78.9 Å². The Morgan fingerprint density at radius 1 is 1.04 bits per heavy atom. The van der Waals surface area contributed by atoms with Crippen LogP contribution in [-0.2, 0) is 14.3 Å². The Hall–Kier alpha value is -2.34. The number of nitrogens with zero attached hydrogens (tertiary/aromatic N) is 1. The molecule has 3 fully saturated rings. The van der Waals surface area contributed by atoms with E-state index >= 15 is 0 Å². The average Bonchev–Trinajstić information content (AvgIpc) is 3.26. The molecule has 0 aromatic heterocycles. The van der Waals surface area contributed by atoms with Crippen molar-refractivity contribution >= 4 is 23.3 Å². The van der Waals surface area contributed by atoms with E-state index in [9.17, 15) is 14.7 Å². The van der Waals surface area contributed by atoms with Crippen molar-refractivity contribution in [3.8, 4) is 0 Å². The number of amides is 1. The smallest absolute Gasteiger partial charge is 0.307 e. The number of aliphatic carboxylic acids is 1. The van der Waals surface area contributed by atoms with E-state index < -0.39 is 17.8 Å². The predicted octanol–water partition coefficient (Wildman–Crippen LogP) is 3.15. The number of fused-ring (bicyclic) bond motifs is 2. The number of carboxylic acids is 1. The maximum atomic E-state index is 13.1. The molecule has 4 rings (SSSR count). The standard InChI is InChI=1S/C22H28N2O4/c1-13(2)18-16-7-8-17(18)20(22(26)27)19(16)21(25)23-14-3-5-15(6-4-14)24-9-11-28-12-10-24/h3-6,16-17,19-20H,7-12H2,1-2H3,(H,23,25)(H,26,27)/t16-,17+,19+,20+/m0/s1. The van der Waals surface area contributed by atoms with Crippen LogP contribution in [0.5, 0.6) is 0 Å². The number of hydrogen-bond acceptors (Lipinski definition) is 4. The summed E-state index contributed by atoms with van der Waals surface area (Å²) in [5, 5.41) is 12.8. The molecule has 0 unspecified atom stereocenters. The number of benzene rings is 1. The van der Waals surface area contributed by atoms with Crippen molar-refractivity contribution in [3.05, 3.63) is 35.4 Å². The summed E-state index contributed by atoms with van der Waals surface area (Å²) in [5.41, 5.74) is 4.20. The van der Waals surface area contributed by atoms with Gasteiger partial charge in [0, 0.05) is 24.5 Å². The molecule has 2 bridgehead atoms. The first-order chi connectivity index (χ1) is 13.5. The molecule has 2 aliphatic carbocycles. The van der Waals surface area contributed by atoms with Gasteiger partial charge in [-0.25, -0.2) is 0 Å². The first kappa shape index (κ1) is 19.0. The van der Waals surface area contributed by atoms with Crippen LogP contribution in [0, 0.1) is 23.7 Å². The van der Waals surface area contributed by atoms with Gasteiger partial charge in [0.25, 0.3) is 0 Å². The zero-order valence-electron chi connectivity index (χ0n) is 16.5. The average molecular weight is 384 g/mol. The summed E-state index contributed by atoms with van der Waals surface area (Å²) in [5.74, 6) is -2.06. The SMILES string of the molecule is CC(C)=C1[C@H]2CC[C@@H]1[C@@H](C(=O)Nc1ccc(N3CCOCC3)cc1)[C@@H]2C(=O)O. The number of carboxylic acid groups (broad SMARTS) is 1. The molecule has 1 aliphatic heterocycles. The molecular formula is C22H28N2O4. The molecule has 1 amide bonds. The number of nitrogens with one attached hydrogen (secondary N) is 1. The van der Waals surface area contributed by atoms with Crippen LogP contribution in [-0.4, -0.2) is 43.3 Å². The van der Waals surface area contributed by atoms with E-state index in [2.05, 4.69) is 10.2 Å². The predicted molar refractivity (Wildman–Crippen MR) is 107 cm³/mol. The van der Waals surface area contributed by atoms with E-state index in [4.69, 9.17) is 4.74 Å². The van der Waals surface area contributed by atoms with Crippen LogP contribution in [0.1, 0.15) is 26.7 Å². The summed E-state index contributed by atoms with van der Waals surface area (Å²) in [7, 11) is 0. The maximum absolute atomic E-state index is 13.1. The van der Waals surface area contributed by atoms with Gasteiger partial charge in [0.2, 0.25) is 5.91 Å². The minimum atomic E-state index is -0.853. The summed E-state index contributed by atoms with van der Waals surface area (Å²) in [6, 6.07) is 7.79. The highest BCUT2D eigenvalue weighted by Gasteiger charge is 2.57. The quantitative estimate of drug-likeness (QED) is 0.780. The molecule has 0 spiro atoms. The molecular weight excluding hydrogens is 356 g/mol. The molecule has 150 valence electrons. The lowest BCUT2D eigenvalue weighted by atomic mass is 9.78. The number of allylic oxidation sites excluding steroid dienone is 2. The van der Waals surface area contributed by atoms with E-state index in [0.717, 1.165) is 44.8 Å². The molecule has 1 saturated heterocycles. The Morgan fingerprint density at radius 3 is 2.21 bits per heavy atom. The Balaban J connectivity index is 1.50. The molecule has 6 heteroatoms. The van der Waals surface area contributed by atoms with Crippen molar-refractivity contribution < 1.29 is 19.4 Å². The van der Waals surface area contributed by atoms with Crippen molar-refractivity contribution in [1.29, 1.82) is 0 Å². The Labute approximate surface area is 165 Å². The van der Waals surface area contributed by atoms with Gasteiger partial charge in [0.05, 0.1) is 25.0 Å². The first-order valence-electron chi connectivity index (χ1n) is 10.1. The molecule has 0 radical (unpaired) electrons. The lowest BCUT2D eigenvalue weighted by Crippen LogP contribution is -2.38. The van der Waals surface area contributed by atoms with Gasteiger partial charge >= 0.3 is 5.97 Å². The van der Waals surface area contributed by atoms with Crippen LogP contribution in [0.25, 0.3) is 0 Å². The molecule has 6 nitrogen and oxygen atoms in total. The largest absolute Gasteiger partial charge is 0.481 e. The van der Waals surface area contributed by atoms with Crippen molar-refractivity contribution in [2.24, 2.45) is 23.7 Å². The number of carbonyl (C=O) groups excluding carboxylic acids is 1. The van der Waals surface area contributed by atoms with Gasteiger partial charge in [0.15, 0.2) is 0 Å². The van der Waals surface area contributed by atoms with Crippen LogP contribution in [0.2, 0.25) is 0 Å². The van der Waals surface area contributed by atoms with Gasteiger partial charge in [-0.05, 0) is 62.8 Å². The van der Waals surface area contributed by atoms with E-state index in [1.807, 2.05) is 38.1 Å². The molecule has 28 heavy (non-hydrogen) atoms. The van der Waals surface area contributed by atoms with Crippen LogP contribution >= 0.6 is 0 Å². The second-order valence-electron chi connectivity index (χ2n) is 8.27. The summed E-state index contributed by atoms with van der Waals surface area (Å²) >= 11 is 0. The van der Waals surface area contributed by atoms with Gasteiger partial charge in [-0.2, -0.15) is 0 Å². The normalized spacial score (nSPS) is 29.1. The zero-order valence-corrected chi connectivity index (χ0v) is 16.5. The van der Waals surface area contributed by atoms with Crippen LogP contribution in [0.3, 0.4) is 0 Å². The molecule has 2 saturated carbocycles. The summed E-state index contributed by atoms with van der Waals surface area (Å²) in [4.78, 5) is 27.2. The second kappa shape index (κ2) is 7.59. The summed E-state index contributed by atoms with van der Waals surface area (Å²) < 4.78 is 5.38. The van der Waals surface area contributed by atoms with E-state index in [1.54, 1.807) is 0 Å². The van der Waals surface area contributed by atoms with Crippen molar-refractivity contribution in [2.75, 3.05) is 36.5 Å². The highest BCUT2D eigenvalue weighted by molar-refractivity contribution is 5.96. The fourth-order valence-electron chi connectivity index (χ4n) is 5.41. The maximum Gasteiger partial charge on any atom is 0.307 e. The number of ether oxygens (including phenoxy) is 1. The third kappa shape index (κ3) is 3.30. The summed E-state index contributed by atoms with van der Waals surface area (Å²) in [6.45, 7) is 7.25. The van der Waals surface area contributed by atoms with Gasteiger partial charge < -0.3 is 20.1 Å². The Morgan fingerprint density at radius 2 is 1.64 bits per heavy atom. The molecule has 1 aromatic rings. The van der Waals surface area contributed by atoms with Crippen LogP contribution < -0.4 is 10.2 Å². The van der Waals surface area contributed by atoms with Gasteiger partial charge in [0.1, 0.15) is 0 Å². The van der Waals surface area contributed by atoms with Crippen molar-refractivity contribution in [3.63, 3.8) is 0 Å². The van der Waals surface area contributed by atoms with E-state index in [0.29, 0.717) is 5.69 Å². The third-order valence-electron chi connectivity index (χ3n) is 6.52. The number of hydrogen-bond donors (Lipinski definition) is 2. The fourth-order valence-corrected chi connectivity index (χ4v) is 5.41. The zero-order chi connectivity index (χ0) is 19.8. The van der Waals surface area contributed by atoms with E-state index in [1.165, 1.54) is 11.1 Å². The Bertz CT molecular complexity index is 791. The molecule has 2 N–H and O–H groups in total. The van der Waals surface area contributed by atoms with Gasteiger partial charge in [-0.1, -0.05) is 11.1 Å². The van der Waals surface area contributed by atoms with Crippen molar-refractivity contribution in [1.82, 2.24) is 0 Å². The Kier molecular flexibility index (Phi) is 5.15. The summed E-state index contributed by atoms with van der Waals surface area (Å²) in [6.07, 6.45) is 1.78. The minimum Gasteiger partial charge on any atom is -0.481 e. The highest BCUT2D eigenvalue weighted by atomic mass is 16.5. The van der Waals surface area contributed by atoms with Gasteiger partial charge in [-0.3, -0.25) is 9.59 Å². The molecule has 1 aromatic carbocycles. The fraction of sp³-hybridized carbons (Fsp3) is 0.545. The van der Waals surface area contributed by atoms with Crippen LogP contribution in [0.4, 0.5) is 11.4 Å². The third-order valence-corrected chi connectivity index (χ3v) is 6.52. The molecule has 1 heterocycles. The lowest BCUT2D eigenvalue weighted by Gasteiger charge is -2.29. The number of anilines is 2. The molecule has 3 aliphatic rings. The van der Waals surface area contributed by atoms with E-state index in [-0.39, 0.29) is 17.7 Å². The number of carbonyl (C=O) groups is 2. The second-order valence-corrected chi connectivity index (χ2v) is 8.27. The number of rotatable bonds is 4. The first-order valence-corrected chi connectivity index (χ1v) is 10.1. The van der Waals surface area contributed by atoms with Crippen molar-refractivity contribution in [2.45, 2.75) is 26.7 Å². The lowest BCUT2D eigenvalue weighted by molar-refractivity contribution is -0.148.